The molecule has 0 saturated heterocycles. The second kappa shape index (κ2) is 4.69. The lowest BCUT2D eigenvalue weighted by molar-refractivity contribution is 0.165. The van der Waals surface area contributed by atoms with Crippen LogP contribution in [-0.4, -0.2) is 48.3 Å². The molecule has 0 spiro atoms. The van der Waals surface area contributed by atoms with E-state index in [0.717, 1.165) is 0 Å². The van der Waals surface area contributed by atoms with Gasteiger partial charge >= 0.3 is 6.03 Å². The molecule has 5 nitrogen and oxygen atoms in total. The van der Waals surface area contributed by atoms with Crippen LogP contribution in [0.2, 0.25) is 0 Å². The topological polar surface area (TPSA) is 73.4 Å². The smallest absolute Gasteiger partial charge is 0.320 e. The van der Waals surface area contributed by atoms with Gasteiger partial charge in [0.1, 0.15) is 5.84 Å². The molecular formula is C8H18N4O. The van der Waals surface area contributed by atoms with Crippen LogP contribution in [0.15, 0.2) is 0 Å². The second-order valence-corrected chi connectivity index (χ2v) is 3.42. The quantitative estimate of drug-likeness (QED) is 0.492. The van der Waals surface area contributed by atoms with Gasteiger partial charge in [-0.2, -0.15) is 0 Å². The third-order valence-corrected chi connectivity index (χ3v) is 1.59. The molecular weight excluding hydrogens is 168 g/mol. The van der Waals surface area contributed by atoms with Gasteiger partial charge in [-0.1, -0.05) is 0 Å². The molecule has 0 fully saturated rings. The highest BCUT2D eigenvalue weighted by molar-refractivity contribution is 5.84. The van der Waals surface area contributed by atoms with Gasteiger partial charge in [0.25, 0.3) is 0 Å². The predicted octanol–water partition coefficient (Wildman–Crippen LogP) is 0.314. The van der Waals surface area contributed by atoms with Crippen molar-refractivity contribution < 1.29 is 4.79 Å². The zero-order valence-electron chi connectivity index (χ0n) is 8.66. The lowest BCUT2D eigenvalue weighted by Crippen LogP contribution is -2.47. The first-order chi connectivity index (χ1) is 5.86. The fourth-order valence-electron chi connectivity index (χ4n) is 0.911. The minimum atomic E-state index is -0.120. The highest BCUT2D eigenvalue weighted by atomic mass is 16.2. The first-order valence-corrected chi connectivity index (χ1v) is 4.17. The van der Waals surface area contributed by atoms with E-state index < -0.39 is 0 Å². The molecule has 76 valence electrons. The molecule has 0 aromatic heterocycles. The lowest BCUT2D eigenvalue weighted by atomic mass is 10.3. The molecule has 0 aliphatic rings. The third kappa shape index (κ3) is 3.78. The van der Waals surface area contributed by atoms with E-state index in [1.54, 1.807) is 19.0 Å². The standard InChI is InChI=1S/C8H18N4O/c1-6(2)12(5-7(9)10)8(13)11(3)4/h6H,5H2,1-4H3,(H3,9,10). The molecule has 0 aromatic carbocycles. The summed E-state index contributed by atoms with van der Waals surface area (Å²) in [5.41, 5.74) is 5.24. The number of hydrogen-bond donors (Lipinski definition) is 2. The van der Waals surface area contributed by atoms with Crippen molar-refractivity contribution in [3.05, 3.63) is 0 Å². The molecule has 5 heteroatoms. The van der Waals surface area contributed by atoms with E-state index in [-0.39, 0.29) is 24.5 Å². The van der Waals surface area contributed by atoms with Gasteiger partial charge in [-0.25, -0.2) is 4.79 Å². The van der Waals surface area contributed by atoms with Crippen molar-refractivity contribution in [1.29, 1.82) is 5.41 Å². The van der Waals surface area contributed by atoms with Crippen LogP contribution in [0.3, 0.4) is 0 Å². The molecule has 0 bridgehead atoms. The van der Waals surface area contributed by atoms with Gasteiger partial charge in [0, 0.05) is 20.1 Å². The van der Waals surface area contributed by atoms with Crippen LogP contribution in [-0.2, 0) is 0 Å². The van der Waals surface area contributed by atoms with Gasteiger partial charge in [0.2, 0.25) is 0 Å². The number of urea groups is 1. The largest absolute Gasteiger partial charge is 0.386 e. The zero-order valence-corrected chi connectivity index (χ0v) is 8.66. The van der Waals surface area contributed by atoms with Gasteiger partial charge < -0.3 is 15.5 Å². The Morgan fingerprint density at radius 3 is 2.15 bits per heavy atom. The summed E-state index contributed by atoms with van der Waals surface area (Å²) >= 11 is 0. The number of rotatable bonds is 3. The van der Waals surface area contributed by atoms with E-state index in [1.165, 1.54) is 4.90 Å². The maximum absolute atomic E-state index is 11.5. The molecule has 3 N–H and O–H groups in total. The van der Waals surface area contributed by atoms with Crippen LogP contribution in [0, 0.1) is 5.41 Å². The van der Waals surface area contributed by atoms with Crippen molar-refractivity contribution >= 4 is 11.9 Å². The Morgan fingerprint density at radius 1 is 1.46 bits per heavy atom. The molecule has 2 amide bonds. The van der Waals surface area contributed by atoms with Crippen LogP contribution >= 0.6 is 0 Å². The van der Waals surface area contributed by atoms with Crippen LogP contribution in [0.25, 0.3) is 0 Å². The molecule has 0 radical (unpaired) electrons. The van der Waals surface area contributed by atoms with Crippen molar-refractivity contribution in [2.75, 3.05) is 20.6 Å². The Hall–Kier alpha value is -1.26. The van der Waals surface area contributed by atoms with E-state index in [2.05, 4.69) is 0 Å². The first kappa shape index (κ1) is 11.7. The fraction of sp³-hybridized carbons (Fsp3) is 0.750. The number of amidine groups is 1. The number of nitrogens with two attached hydrogens (primary N) is 1. The van der Waals surface area contributed by atoms with E-state index in [9.17, 15) is 4.79 Å². The molecule has 13 heavy (non-hydrogen) atoms. The molecule has 0 unspecified atom stereocenters. The van der Waals surface area contributed by atoms with E-state index in [1.807, 2.05) is 13.8 Å². The molecule has 0 saturated carbocycles. The van der Waals surface area contributed by atoms with Gasteiger partial charge in [-0.3, -0.25) is 5.41 Å². The average Bonchev–Trinajstić information content (AvgIpc) is 1.97. The number of carbonyl (C=O) groups is 1. The normalized spacial score (nSPS) is 9.92. The summed E-state index contributed by atoms with van der Waals surface area (Å²) in [7, 11) is 3.36. The van der Waals surface area contributed by atoms with Gasteiger partial charge in [0.15, 0.2) is 0 Å². The summed E-state index contributed by atoms with van der Waals surface area (Å²) in [6, 6.07) is -0.0657. The van der Waals surface area contributed by atoms with Crippen molar-refractivity contribution in [2.45, 2.75) is 19.9 Å². The van der Waals surface area contributed by atoms with Gasteiger partial charge in [0.05, 0.1) is 6.54 Å². The molecule has 0 aromatic rings. The molecule has 0 heterocycles. The van der Waals surface area contributed by atoms with Gasteiger partial charge in [-0.15, -0.1) is 0 Å². The number of amides is 2. The van der Waals surface area contributed by atoms with E-state index in [0.29, 0.717) is 0 Å². The van der Waals surface area contributed by atoms with E-state index in [4.69, 9.17) is 11.1 Å². The predicted molar refractivity (Wildman–Crippen MR) is 52.8 cm³/mol. The highest BCUT2D eigenvalue weighted by Gasteiger charge is 2.18. The second-order valence-electron chi connectivity index (χ2n) is 3.42. The van der Waals surface area contributed by atoms with Crippen LogP contribution in [0.1, 0.15) is 13.8 Å². The summed E-state index contributed by atoms with van der Waals surface area (Å²) in [5.74, 6) is 0.00361. The Labute approximate surface area is 79.0 Å². The molecule has 0 aliphatic heterocycles. The maximum atomic E-state index is 11.5. The van der Waals surface area contributed by atoms with Crippen LogP contribution in [0.5, 0.6) is 0 Å². The minimum Gasteiger partial charge on any atom is -0.386 e. The zero-order chi connectivity index (χ0) is 10.6. The minimum absolute atomic E-state index is 0.00361. The Kier molecular flexibility index (Phi) is 4.23. The summed E-state index contributed by atoms with van der Waals surface area (Å²) < 4.78 is 0. The molecule has 0 aliphatic carbocycles. The number of carbonyl (C=O) groups excluding carboxylic acids is 1. The molecule has 0 rings (SSSR count). The van der Waals surface area contributed by atoms with Crippen LogP contribution in [0.4, 0.5) is 4.79 Å². The SMILES string of the molecule is CC(C)N(CC(=N)N)C(=O)N(C)C. The first-order valence-electron chi connectivity index (χ1n) is 4.17. The summed E-state index contributed by atoms with van der Waals surface area (Å²) in [6.07, 6.45) is 0. The number of nitrogens with one attached hydrogen (secondary N) is 1. The maximum Gasteiger partial charge on any atom is 0.320 e. The van der Waals surface area contributed by atoms with Crippen molar-refractivity contribution in [3.8, 4) is 0 Å². The summed E-state index contributed by atoms with van der Waals surface area (Å²) in [6.45, 7) is 3.98. The monoisotopic (exact) mass is 186 g/mol. The number of hydrogen-bond acceptors (Lipinski definition) is 2. The van der Waals surface area contributed by atoms with Crippen molar-refractivity contribution in [1.82, 2.24) is 9.80 Å². The summed E-state index contributed by atoms with van der Waals surface area (Å²) in [4.78, 5) is 14.5. The average molecular weight is 186 g/mol. The van der Waals surface area contributed by atoms with Crippen molar-refractivity contribution in [3.63, 3.8) is 0 Å². The van der Waals surface area contributed by atoms with Crippen LogP contribution < -0.4 is 5.73 Å². The van der Waals surface area contributed by atoms with Crippen molar-refractivity contribution in [2.24, 2.45) is 5.73 Å². The Morgan fingerprint density at radius 2 is 1.92 bits per heavy atom. The number of nitrogens with zero attached hydrogens (tertiary/aromatic N) is 2. The van der Waals surface area contributed by atoms with E-state index >= 15 is 0 Å². The highest BCUT2D eigenvalue weighted by Crippen LogP contribution is 2.01. The fourth-order valence-corrected chi connectivity index (χ4v) is 0.911. The lowest BCUT2D eigenvalue weighted by Gasteiger charge is -2.28. The Bertz CT molecular complexity index is 200. The van der Waals surface area contributed by atoms with Gasteiger partial charge in [-0.05, 0) is 13.8 Å². The summed E-state index contributed by atoms with van der Waals surface area (Å²) in [5, 5.41) is 7.12. The molecule has 0 atom stereocenters. The third-order valence-electron chi connectivity index (χ3n) is 1.59. The Balaban J connectivity index is 4.42.